The van der Waals surface area contributed by atoms with Crippen molar-refractivity contribution in [2.24, 2.45) is 0 Å². The summed E-state index contributed by atoms with van der Waals surface area (Å²) in [5, 5.41) is 8.75. The van der Waals surface area contributed by atoms with E-state index in [2.05, 4.69) is 20.3 Å². The number of aromatic nitrogens is 3. The molecule has 3 aromatic heterocycles. The molecule has 7 heteroatoms. The maximum absolute atomic E-state index is 12.4. The molecular formula is C12H11FN4S2. The zero-order valence-corrected chi connectivity index (χ0v) is 11.6. The fourth-order valence-electron chi connectivity index (χ4n) is 1.77. The van der Waals surface area contributed by atoms with Gasteiger partial charge in [0.05, 0.1) is 11.1 Å². The Morgan fingerprint density at radius 3 is 3.05 bits per heavy atom. The molecule has 3 aromatic rings. The van der Waals surface area contributed by atoms with E-state index in [1.165, 1.54) is 11.3 Å². The van der Waals surface area contributed by atoms with Crippen molar-refractivity contribution in [3.05, 3.63) is 33.9 Å². The molecule has 0 radical (unpaired) electrons. The Hall–Kier alpha value is -1.60. The van der Waals surface area contributed by atoms with Gasteiger partial charge in [-0.15, -0.1) is 22.7 Å². The summed E-state index contributed by atoms with van der Waals surface area (Å²) >= 11 is 2.96. The lowest BCUT2D eigenvalue weighted by Crippen LogP contribution is -2.07. The number of nitrogens with zero attached hydrogens (tertiary/aromatic N) is 3. The summed E-state index contributed by atoms with van der Waals surface area (Å²) in [5.74, 6) is 0.840. The minimum absolute atomic E-state index is 0.487. The Morgan fingerprint density at radius 1 is 1.26 bits per heavy atom. The lowest BCUT2D eigenvalue weighted by Gasteiger charge is -2.04. The number of alkyl halides is 1. The van der Waals surface area contributed by atoms with Gasteiger partial charge in [0.25, 0.3) is 0 Å². The van der Waals surface area contributed by atoms with E-state index in [1.54, 1.807) is 17.7 Å². The Kier molecular flexibility index (Phi) is 3.65. The standard InChI is InChI=1S/C12H11FN4S2/c13-5-10-17-8(6-19-10)1-3-14-11-9-2-4-18-12(9)16-7-15-11/h2,4,6-7H,1,3,5H2,(H,14,15,16). The van der Waals surface area contributed by atoms with Crippen LogP contribution in [0.4, 0.5) is 10.2 Å². The number of hydrogen-bond donors (Lipinski definition) is 1. The summed E-state index contributed by atoms with van der Waals surface area (Å²) < 4.78 is 12.4. The second kappa shape index (κ2) is 5.58. The number of thiophene rings is 1. The third-order valence-corrected chi connectivity index (χ3v) is 4.33. The number of nitrogens with one attached hydrogen (secondary N) is 1. The van der Waals surface area contributed by atoms with Crippen LogP contribution in [-0.2, 0) is 13.1 Å². The zero-order chi connectivity index (χ0) is 13.1. The van der Waals surface area contributed by atoms with Crippen molar-refractivity contribution in [1.82, 2.24) is 15.0 Å². The molecule has 19 heavy (non-hydrogen) atoms. The molecule has 0 bridgehead atoms. The Bertz CT molecular complexity index is 679. The molecule has 0 aliphatic rings. The minimum atomic E-state index is -0.487. The van der Waals surface area contributed by atoms with Crippen LogP contribution < -0.4 is 5.32 Å². The van der Waals surface area contributed by atoms with Crippen LogP contribution in [0.5, 0.6) is 0 Å². The van der Waals surface area contributed by atoms with Gasteiger partial charge in [-0.05, 0) is 11.4 Å². The summed E-state index contributed by atoms with van der Waals surface area (Å²) in [5.41, 5.74) is 0.917. The first kappa shape index (κ1) is 12.4. The molecule has 98 valence electrons. The number of hydrogen-bond acceptors (Lipinski definition) is 6. The van der Waals surface area contributed by atoms with Gasteiger partial charge in [0.1, 0.15) is 28.7 Å². The smallest absolute Gasteiger partial charge is 0.141 e. The lowest BCUT2D eigenvalue weighted by molar-refractivity contribution is 0.483. The SMILES string of the molecule is FCc1nc(CCNc2ncnc3sccc23)cs1. The average molecular weight is 294 g/mol. The molecule has 3 heterocycles. The van der Waals surface area contributed by atoms with E-state index in [-0.39, 0.29) is 0 Å². The van der Waals surface area contributed by atoms with E-state index in [0.717, 1.165) is 34.7 Å². The molecule has 0 aliphatic heterocycles. The van der Waals surface area contributed by atoms with Gasteiger partial charge >= 0.3 is 0 Å². The van der Waals surface area contributed by atoms with Gasteiger partial charge in [-0.1, -0.05) is 0 Å². The number of halogens is 1. The molecule has 1 N–H and O–H groups in total. The number of rotatable bonds is 5. The summed E-state index contributed by atoms with van der Waals surface area (Å²) in [4.78, 5) is 13.6. The number of anilines is 1. The van der Waals surface area contributed by atoms with E-state index in [9.17, 15) is 4.39 Å². The van der Waals surface area contributed by atoms with E-state index < -0.39 is 6.67 Å². The molecular weight excluding hydrogens is 283 g/mol. The Balaban J connectivity index is 1.64. The molecule has 0 aliphatic carbocycles. The highest BCUT2D eigenvalue weighted by Crippen LogP contribution is 2.23. The van der Waals surface area contributed by atoms with Crippen molar-refractivity contribution in [3.8, 4) is 0 Å². The van der Waals surface area contributed by atoms with E-state index >= 15 is 0 Å². The normalized spacial score (nSPS) is 11.0. The van der Waals surface area contributed by atoms with E-state index in [4.69, 9.17) is 0 Å². The largest absolute Gasteiger partial charge is 0.369 e. The van der Waals surface area contributed by atoms with Crippen LogP contribution in [-0.4, -0.2) is 21.5 Å². The van der Waals surface area contributed by atoms with Gasteiger partial charge in [-0.2, -0.15) is 0 Å². The molecule has 0 atom stereocenters. The van der Waals surface area contributed by atoms with Crippen LogP contribution in [0.15, 0.2) is 23.2 Å². The van der Waals surface area contributed by atoms with Gasteiger partial charge in [0.15, 0.2) is 0 Å². The average Bonchev–Trinajstić information content (AvgIpc) is 3.07. The van der Waals surface area contributed by atoms with Crippen LogP contribution in [0.25, 0.3) is 10.2 Å². The lowest BCUT2D eigenvalue weighted by atomic mass is 10.3. The predicted octanol–water partition coefficient (Wildman–Crippen LogP) is 3.27. The predicted molar refractivity (Wildman–Crippen MR) is 76.5 cm³/mol. The highest BCUT2D eigenvalue weighted by molar-refractivity contribution is 7.16. The molecule has 0 saturated carbocycles. The van der Waals surface area contributed by atoms with Crippen molar-refractivity contribution >= 4 is 38.7 Å². The molecule has 4 nitrogen and oxygen atoms in total. The fraction of sp³-hybridized carbons (Fsp3) is 0.250. The molecule has 0 fully saturated rings. The quantitative estimate of drug-likeness (QED) is 0.784. The van der Waals surface area contributed by atoms with Gasteiger partial charge in [0.2, 0.25) is 0 Å². The molecule has 0 saturated heterocycles. The van der Waals surface area contributed by atoms with Crippen molar-refractivity contribution < 1.29 is 4.39 Å². The van der Waals surface area contributed by atoms with Crippen molar-refractivity contribution in [3.63, 3.8) is 0 Å². The second-order valence-electron chi connectivity index (χ2n) is 3.90. The molecule has 0 unspecified atom stereocenters. The first-order valence-electron chi connectivity index (χ1n) is 5.78. The van der Waals surface area contributed by atoms with Crippen LogP contribution >= 0.6 is 22.7 Å². The minimum Gasteiger partial charge on any atom is -0.369 e. The Labute approximate surface area is 117 Å². The van der Waals surface area contributed by atoms with E-state index in [0.29, 0.717) is 5.01 Å². The number of thiazole rings is 1. The van der Waals surface area contributed by atoms with Crippen LogP contribution in [0.1, 0.15) is 10.7 Å². The van der Waals surface area contributed by atoms with Crippen molar-refractivity contribution in [2.75, 3.05) is 11.9 Å². The van der Waals surface area contributed by atoms with Gasteiger partial charge in [-0.3, -0.25) is 0 Å². The summed E-state index contributed by atoms with van der Waals surface area (Å²) in [6.45, 7) is 0.233. The molecule has 0 amide bonds. The molecule has 0 aromatic carbocycles. The maximum atomic E-state index is 12.4. The van der Waals surface area contributed by atoms with E-state index in [1.807, 2.05) is 16.8 Å². The summed E-state index contributed by atoms with van der Waals surface area (Å²) in [7, 11) is 0. The first-order chi connectivity index (χ1) is 9.36. The highest BCUT2D eigenvalue weighted by Gasteiger charge is 2.05. The number of fused-ring (bicyclic) bond motifs is 1. The third kappa shape index (κ3) is 2.71. The van der Waals surface area contributed by atoms with Crippen molar-refractivity contribution in [1.29, 1.82) is 0 Å². The summed E-state index contributed by atoms with van der Waals surface area (Å²) in [6.07, 6.45) is 2.32. The van der Waals surface area contributed by atoms with Gasteiger partial charge in [-0.25, -0.2) is 19.3 Å². The maximum Gasteiger partial charge on any atom is 0.141 e. The third-order valence-electron chi connectivity index (χ3n) is 2.65. The zero-order valence-electron chi connectivity index (χ0n) is 9.97. The fourth-order valence-corrected chi connectivity index (χ4v) is 3.17. The highest BCUT2D eigenvalue weighted by atomic mass is 32.1. The van der Waals surface area contributed by atoms with Gasteiger partial charge in [0, 0.05) is 18.3 Å². The Morgan fingerprint density at radius 2 is 2.21 bits per heavy atom. The molecule has 0 spiro atoms. The van der Waals surface area contributed by atoms with Crippen LogP contribution in [0.2, 0.25) is 0 Å². The second-order valence-corrected chi connectivity index (χ2v) is 5.74. The summed E-state index contributed by atoms with van der Waals surface area (Å²) in [6, 6.07) is 2.01. The van der Waals surface area contributed by atoms with Crippen LogP contribution in [0, 0.1) is 0 Å². The van der Waals surface area contributed by atoms with Crippen molar-refractivity contribution in [2.45, 2.75) is 13.1 Å². The molecule has 3 rings (SSSR count). The van der Waals surface area contributed by atoms with Crippen LogP contribution in [0.3, 0.4) is 0 Å². The topological polar surface area (TPSA) is 50.7 Å². The van der Waals surface area contributed by atoms with Gasteiger partial charge < -0.3 is 5.32 Å². The first-order valence-corrected chi connectivity index (χ1v) is 7.54. The monoisotopic (exact) mass is 294 g/mol.